The van der Waals surface area contributed by atoms with Gasteiger partial charge in [0.15, 0.2) is 5.82 Å². The van der Waals surface area contributed by atoms with Crippen LogP contribution < -0.4 is 5.32 Å². The number of rotatable bonds is 3. The molecule has 1 aliphatic heterocycles. The number of hydrogen-bond acceptors (Lipinski definition) is 4. The Hall–Kier alpha value is -0.900. The van der Waals surface area contributed by atoms with Gasteiger partial charge in [-0.15, -0.1) is 0 Å². The van der Waals surface area contributed by atoms with Gasteiger partial charge in [0.2, 0.25) is 5.89 Å². The molecule has 1 unspecified atom stereocenters. The maximum absolute atomic E-state index is 5.31. The van der Waals surface area contributed by atoms with Crippen LogP contribution in [0.1, 0.15) is 44.8 Å². The van der Waals surface area contributed by atoms with Gasteiger partial charge in [-0.1, -0.05) is 19.0 Å². The zero-order valence-corrected chi connectivity index (χ0v) is 8.84. The Balaban J connectivity index is 2.26. The third-order valence-corrected chi connectivity index (χ3v) is 3.04. The molecule has 1 N–H and O–H groups in total. The molecule has 0 saturated carbocycles. The monoisotopic (exact) mass is 195 g/mol. The number of aromatic nitrogens is 2. The topological polar surface area (TPSA) is 51.0 Å². The van der Waals surface area contributed by atoms with E-state index in [1.807, 2.05) is 6.92 Å². The highest BCUT2D eigenvalue weighted by molar-refractivity contribution is 5.06. The smallest absolute Gasteiger partial charge is 0.246 e. The van der Waals surface area contributed by atoms with Crippen molar-refractivity contribution >= 4 is 0 Å². The second-order valence-electron chi connectivity index (χ2n) is 3.84. The first-order chi connectivity index (χ1) is 6.80. The van der Waals surface area contributed by atoms with Crippen LogP contribution in [0.2, 0.25) is 0 Å². The number of aryl methyl sites for hydroxylation is 1. The number of nitrogens with one attached hydrogen (secondary N) is 1. The van der Waals surface area contributed by atoms with E-state index in [2.05, 4.69) is 22.4 Å². The molecule has 0 radical (unpaired) electrons. The molecule has 0 aliphatic carbocycles. The Labute approximate surface area is 84.1 Å². The summed E-state index contributed by atoms with van der Waals surface area (Å²) in [7, 11) is 0. The lowest BCUT2D eigenvalue weighted by molar-refractivity contribution is 0.249. The van der Waals surface area contributed by atoms with Crippen LogP contribution in [0.25, 0.3) is 0 Å². The van der Waals surface area contributed by atoms with Crippen molar-refractivity contribution < 1.29 is 4.52 Å². The fourth-order valence-electron chi connectivity index (χ4n) is 2.03. The van der Waals surface area contributed by atoms with Crippen LogP contribution in [0.3, 0.4) is 0 Å². The largest absolute Gasteiger partial charge is 0.337 e. The highest BCUT2D eigenvalue weighted by Crippen LogP contribution is 2.32. The van der Waals surface area contributed by atoms with E-state index < -0.39 is 0 Å². The quantitative estimate of drug-likeness (QED) is 0.796. The van der Waals surface area contributed by atoms with E-state index in [0.29, 0.717) is 0 Å². The van der Waals surface area contributed by atoms with E-state index >= 15 is 0 Å². The van der Waals surface area contributed by atoms with E-state index in [1.165, 1.54) is 6.42 Å². The van der Waals surface area contributed by atoms with Gasteiger partial charge in [0, 0.05) is 6.42 Å². The zero-order valence-electron chi connectivity index (χ0n) is 8.84. The average molecular weight is 195 g/mol. The molecule has 1 atom stereocenters. The van der Waals surface area contributed by atoms with Crippen molar-refractivity contribution in [1.82, 2.24) is 15.5 Å². The van der Waals surface area contributed by atoms with Crippen molar-refractivity contribution in [2.75, 3.05) is 6.54 Å². The molecule has 2 heterocycles. The molecule has 1 aromatic heterocycles. The molecule has 78 valence electrons. The van der Waals surface area contributed by atoms with Crippen LogP contribution in [0.4, 0.5) is 0 Å². The second-order valence-corrected chi connectivity index (χ2v) is 3.84. The summed E-state index contributed by atoms with van der Waals surface area (Å²) in [5, 5.41) is 7.42. The zero-order chi connectivity index (χ0) is 10.0. The predicted octanol–water partition coefficient (Wildman–Crippen LogP) is 1.62. The highest BCUT2D eigenvalue weighted by Gasteiger charge is 2.38. The minimum Gasteiger partial charge on any atom is -0.337 e. The van der Waals surface area contributed by atoms with E-state index in [9.17, 15) is 0 Å². The number of nitrogens with zero attached hydrogens (tertiary/aromatic N) is 2. The molecule has 0 aromatic carbocycles. The average Bonchev–Trinajstić information content (AvgIpc) is 2.87. The molecule has 1 aromatic rings. The van der Waals surface area contributed by atoms with Gasteiger partial charge in [0.1, 0.15) is 0 Å². The van der Waals surface area contributed by atoms with Gasteiger partial charge < -0.3 is 9.84 Å². The van der Waals surface area contributed by atoms with Gasteiger partial charge in [-0.05, 0) is 25.8 Å². The molecule has 1 aliphatic rings. The Morgan fingerprint density at radius 1 is 1.50 bits per heavy atom. The standard InChI is InChI=1S/C10H17N3O/c1-3-8-12-9(14-13-8)10(4-2)6-5-7-11-10/h11H,3-7H2,1-2H3. The molecular weight excluding hydrogens is 178 g/mol. The normalized spacial score (nSPS) is 27.0. The first-order valence-electron chi connectivity index (χ1n) is 5.39. The third-order valence-electron chi connectivity index (χ3n) is 3.04. The van der Waals surface area contributed by atoms with Crippen molar-refractivity contribution in [3.8, 4) is 0 Å². The highest BCUT2D eigenvalue weighted by atomic mass is 16.5. The predicted molar refractivity (Wildman–Crippen MR) is 52.9 cm³/mol. The summed E-state index contributed by atoms with van der Waals surface area (Å²) >= 11 is 0. The van der Waals surface area contributed by atoms with Crippen molar-refractivity contribution in [3.05, 3.63) is 11.7 Å². The molecule has 1 saturated heterocycles. The first kappa shape index (κ1) is 9.65. The lowest BCUT2D eigenvalue weighted by Crippen LogP contribution is -2.36. The fraction of sp³-hybridized carbons (Fsp3) is 0.800. The molecule has 4 heteroatoms. The second kappa shape index (κ2) is 3.69. The van der Waals surface area contributed by atoms with Crippen molar-refractivity contribution in [2.45, 2.75) is 45.1 Å². The molecular formula is C10H17N3O. The van der Waals surface area contributed by atoms with Crippen molar-refractivity contribution in [1.29, 1.82) is 0 Å². The van der Waals surface area contributed by atoms with Gasteiger partial charge in [0.05, 0.1) is 5.54 Å². The fourth-order valence-corrected chi connectivity index (χ4v) is 2.03. The van der Waals surface area contributed by atoms with Crippen molar-refractivity contribution in [3.63, 3.8) is 0 Å². The van der Waals surface area contributed by atoms with E-state index in [4.69, 9.17) is 4.52 Å². The molecule has 2 rings (SSSR count). The Morgan fingerprint density at radius 2 is 2.36 bits per heavy atom. The van der Waals surface area contributed by atoms with Gasteiger partial charge >= 0.3 is 0 Å². The minimum atomic E-state index is -0.0413. The van der Waals surface area contributed by atoms with Gasteiger partial charge in [-0.2, -0.15) is 4.98 Å². The van der Waals surface area contributed by atoms with Crippen LogP contribution in [-0.4, -0.2) is 16.7 Å². The summed E-state index contributed by atoms with van der Waals surface area (Å²) in [4.78, 5) is 4.41. The molecule has 14 heavy (non-hydrogen) atoms. The van der Waals surface area contributed by atoms with Gasteiger partial charge in [-0.3, -0.25) is 0 Å². The first-order valence-corrected chi connectivity index (χ1v) is 5.39. The third kappa shape index (κ3) is 1.43. The summed E-state index contributed by atoms with van der Waals surface area (Å²) in [5.41, 5.74) is -0.0413. The van der Waals surface area contributed by atoms with E-state index in [0.717, 1.165) is 37.5 Å². The van der Waals surface area contributed by atoms with Gasteiger partial charge in [0.25, 0.3) is 0 Å². The van der Waals surface area contributed by atoms with Crippen LogP contribution in [-0.2, 0) is 12.0 Å². The summed E-state index contributed by atoms with van der Waals surface area (Å²) in [6.45, 7) is 5.25. The Kier molecular flexibility index (Phi) is 2.54. The molecule has 0 amide bonds. The van der Waals surface area contributed by atoms with Crippen LogP contribution in [0.15, 0.2) is 4.52 Å². The summed E-state index contributed by atoms with van der Waals surface area (Å²) in [6.07, 6.45) is 4.15. The van der Waals surface area contributed by atoms with E-state index in [1.54, 1.807) is 0 Å². The van der Waals surface area contributed by atoms with Crippen LogP contribution >= 0.6 is 0 Å². The Morgan fingerprint density at radius 3 is 2.86 bits per heavy atom. The summed E-state index contributed by atoms with van der Waals surface area (Å²) in [5.74, 6) is 1.58. The van der Waals surface area contributed by atoms with Crippen molar-refractivity contribution in [2.24, 2.45) is 0 Å². The molecule has 0 spiro atoms. The lowest BCUT2D eigenvalue weighted by Gasteiger charge is -2.22. The Bertz CT molecular complexity index is 302. The van der Waals surface area contributed by atoms with E-state index in [-0.39, 0.29) is 5.54 Å². The maximum Gasteiger partial charge on any atom is 0.246 e. The maximum atomic E-state index is 5.31. The summed E-state index contributed by atoms with van der Waals surface area (Å²) in [6, 6.07) is 0. The molecule has 0 bridgehead atoms. The SMILES string of the molecule is CCc1noc(C2(CC)CCCN2)n1. The molecule has 4 nitrogen and oxygen atoms in total. The number of hydrogen-bond donors (Lipinski definition) is 1. The van der Waals surface area contributed by atoms with Crippen LogP contribution in [0, 0.1) is 0 Å². The summed E-state index contributed by atoms with van der Waals surface area (Å²) < 4.78 is 5.31. The lowest BCUT2D eigenvalue weighted by atomic mass is 9.94. The van der Waals surface area contributed by atoms with Gasteiger partial charge in [-0.25, -0.2) is 0 Å². The minimum absolute atomic E-state index is 0.0413. The molecule has 1 fully saturated rings. The van der Waals surface area contributed by atoms with Crippen LogP contribution in [0.5, 0.6) is 0 Å².